The van der Waals surface area contributed by atoms with Crippen molar-refractivity contribution in [3.05, 3.63) is 34.9 Å². The monoisotopic (exact) mass is 283 g/mol. The minimum Gasteiger partial charge on any atom is -0.388 e. The standard InChI is InChI=1S/C15H22ClNO2/c1-14(2)10-15(18,7-8-19-14)11-17-9-12-3-5-13(16)6-4-12/h3-6,17-18H,7-11H2,1-2H3. The Balaban J connectivity index is 1.83. The van der Waals surface area contributed by atoms with E-state index in [-0.39, 0.29) is 5.60 Å². The van der Waals surface area contributed by atoms with Gasteiger partial charge in [-0.25, -0.2) is 0 Å². The molecule has 1 saturated heterocycles. The van der Waals surface area contributed by atoms with Crippen LogP contribution in [0.15, 0.2) is 24.3 Å². The number of hydrogen-bond acceptors (Lipinski definition) is 3. The van der Waals surface area contributed by atoms with Crippen molar-refractivity contribution in [2.24, 2.45) is 0 Å². The van der Waals surface area contributed by atoms with Gasteiger partial charge in [0.2, 0.25) is 0 Å². The molecule has 0 radical (unpaired) electrons. The molecule has 106 valence electrons. The zero-order chi connectivity index (χ0) is 13.9. The topological polar surface area (TPSA) is 41.5 Å². The number of benzene rings is 1. The van der Waals surface area contributed by atoms with Crippen molar-refractivity contribution in [1.82, 2.24) is 5.32 Å². The minimum atomic E-state index is -0.672. The van der Waals surface area contributed by atoms with E-state index >= 15 is 0 Å². The van der Waals surface area contributed by atoms with Crippen molar-refractivity contribution in [3.8, 4) is 0 Å². The van der Waals surface area contributed by atoms with Crippen LogP contribution in [0.5, 0.6) is 0 Å². The van der Waals surface area contributed by atoms with Crippen molar-refractivity contribution in [2.75, 3.05) is 13.2 Å². The van der Waals surface area contributed by atoms with Crippen molar-refractivity contribution < 1.29 is 9.84 Å². The zero-order valence-electron chi connectivity index (χ0n) is 11.6. The first-order valence-corrected chi connectivity index (χ1v) is 7.08. The first-order valence-electron chi connectivity index (χ1n) is 6.70. The van der Waals surface area contributed by atoms with Crippen molar-refractivity contribution >= 4 is 11.6 Å². The molecule has 1 aromatic rings. The van der Waals surface area contributed by atoms with Gasteiger partial charge in [0, 0.05) is 31.0 Å². The molecule has 1 heterocycles. The Morgan fingerprint density at radius 3 is 2.63 bits per heavy atom. The van der Waals surface area contributed by atoms with E-state index < -0.39 is 5.60 Å². The highest BCUT2D eigenvalue weighted by atomic mass is 35.5. The highest BCUT2D eigenvalue weighted by Gasteiger charge is 2.38. The fraction of sp³-hybridized carbons (Fsp3) is 0.600. The number of nitrogens with one attached hydrogen (secondary N) is 1. The average molecular weight is 284 g/mol. The molecule has 0 saturated carbocycles. The fourth-order valence-corrected chi connectivity index (χ4v) is 2.77. The quantitative estimate of drug-likeness (QED) is 0.893. The number of ether oxygens (including phenoxy) is 1. The minimum absolute atomic E-state index is 0.241. The molecule has 2 N–H and O–H groups in total. The van der Waals surface area contributed by atoms with Gasteiger partial charge in [0.15, 0.2) is 0 Å². The van der Waals surface area contributed by atoms with Crippen LogP contribution in [0, 0.1) is 0 Å². The van der Waals surface area contributed by atoms with Crippen LogP contribution in [-0.4, -0.2) is 29.5 Å². The van der Waals surface area contributed by atoms with Gasteiger partial charge in [0.25, 0.3) is 0 Å². The van der Waals surface area contributed by atoms with Crippen LogP contribution in [0.3, 0.4) is 0 Å². The molecule has 3 nitrogen and oxygen atoms in total. The second kappa shape index (κ2) is 5.80. The Labute approximate surface area is 119 Å². The predicted octanol–water partition coefficient (Wildman–Crippen LogP) is 2.75. The highest BCUT2D eigenvalue weighted by Crippen LogP contribution is 2.31. The van der Waals surface area contributed by atoms with Crippen molar-refractivity contribution in [1.29, 1.82) is 0 Å². The summed E-state index contributed by atoms with van der Waals surface area (Å²) in [5.41, 5.74) is 0.252. The summed E-state index contributed by atoms with van der Waals surface area (Å²) in [6.07, 6.45) is 1.34. The smallest absolute Gasteiger partial charge is 0.0820 e. The fourth-order valence-electron chi connectivity index (χ4n) is 2.64. The summed E-state index contributed by atoms with van der Waals surface area (Å²) in [6, 6.07) is 7.75. The summed E-state index contributed by atoms with van der Waals surface area (Å²) >= 11 is 5.85. The van der Waals surface area contributed by atoms with Crippen LogP contribution >= 0.6 is 11.6 Å². The van der Waals surface area contributed by atoms with E-state index in [4.69, 9.17) is 16.3 Å². The van der Waals surface area contributed by atoms with Crippen LogP contribution in [0.2, 0.25) is 5.02 Å². The third kappa shape index (κ3) is 4.46. The molecule has 1 aliphatic rings. The first-order chi connectivity index (χ1) is 8.89. The molecule has 0 spiro atoms. The summed E-state index contributed by atoms with van der Waals surface area (Å²) in [6.45, 7) is 5.99. The van der Waals surface area contributed by atoms with E-state index in [1.165, 1.54) is 5.56 Å². The molecule has 19 heavy (non-hydrogen) atoms. The molecular formula is C15H22ClNO2. The maximum absolute atomic E-state index is 10.6. The lowest BCUT2D eigenvalue weighted by molar-refractivity contribution is -0.142. The maximum Gasteiger partial charge on any atom is 0.0820 e. The Hall–Kier alpha value is -0.610. The lowest BCUT2D eigenvalue weighted by atomic mass is 9.84. The third-order valence-electron chi connectivity index (χ3n) is 3.51. The highest BCUT2D eigenvalue weighted by molar-refractivity contribution is 6.30. The molecule has 1 fully saturated rings. The number of halogens is 1. The van der Waals surface area contributed by atoms with E-state index in [2.05, 4.69) is 5.32 Å². The Morgan fingerprint density at radius 1 is 1.32 bits per heavy atom. The molecule has 0 aromatic heterocycles. The molecule has 0 aliphatic carbocycles. The summed E-state index contributed by atoms with van der Waals surface area (Å²) in [5.74, 6) is 0. The second-order valence-electron chi connectivity index (χ2n) is 5.99. The summed E-state index contributed by atoms with van der Waals surface area (Å²) in [7, 11) is 0. The van der Waals surface area contributed by atoms with Gasteiger partial charge in [-0.2, -0.15) is 0 Å². The molecule has 1 aromatic carbocycles. The first kappa shape index (κ1) is 14.8. The van der Waals surface area contributed by atoms with Gasteiger partial charge in [-0.3, -0.25) is 0 Å². The Morgan fingerprint density at radius 2 is 2.00 bits per heavy atom. The van der Waals surface area contributed by atoms with Crippen LogP contribution in [0.4, 0.5) is 0 Å². The summed E-state index contributed by atoms with van der Waals surface area (Å²) in [4.78, 5) is 0. The van der Waals surface area contributed by atoms with E-state index in [0.29, 0.717) is 26.0 Å². The van der Waals surface area contributed by atoms with Gasteiger partial charge >= 0.3 is 0 Å². The number of aliphatic hydroxyl groups is 1. The van der Waals surface area contributed by atoms with Crippen molar-refractivity contribution in [3.63, 3.8) is 0 Å². The van der Waals surface area contributed by atoms with Gasteiger partial charge in [-0.05, 0) is 31.5 Å². The van der Waals surface area contributed by atoms with E-state index in [1.54, 1.807) is 0 Å². The van der Waals surface area contributed by atoms with Crippen LogP contribution in [0.1, 0.15) is 32.3 Å². The molecule has 1 unspecified atom stereocenters. The Kier molecular flexibility index (Phi) is 4.51. The molecular weight excluding hydrogens is 262 g/mol. The van der Waals surface area contributed by atoms with E-state index in [1.807, 2.05) is 38.1 Å². The molecule has 0 amide bonds. The van der Waals surface area contributed by atoms with Gasteiger partial charge in [-0.15, -0.1) is 0 Å². The number of rotatable bonds is 4. The van der Waals surface area contributed by atoms with E-state index in [0.717, 1.165) is 11.6 Å². The summed E-state index contributed by atoms with van der Waals surface area (Å²) < 4.78 is 5.64. The molecule has 1 aliphatic heterocycles. The zero-order valence-corrected chi connectivity index (χ0v) is 12.3. The molecule has 4 heteroatoms. The Bertz CT molecular complexity index is 419. The van der Waals surface area contributed by atoms with E-state index in [9.17, 15) is 5.11 Å². The van der Waals surface area contributed by atoms with Gasteiger partial charge in [0.05, 0.1) is 17.8 Å². The van der Waals surface area contributed by atoms with Gasteiger partial charge in [0.1, 0.15) is 0 Å². The van der Waals surface area contributed by atoms with Gasteiger partial charge in [-0.1, -0.05) is 23.7 Å². The molecule has 0 bridgehead atoms. The molecule has 2 rings (SSSR count). The lowest BCUT2D eigenvalue weighted by Crippen LogP contribution is -2.51. The normalized spacial score (nSPS) is 26.3. The SMILES string of the molecule is CC1(C)CC(O)(CNCc2ccc(Cl)cc2)CCO1. The largest absolute Gasteiger partial charge is 0.388 e. The number of hydrogen-bond donors (Lipinski definition) is 2. The average Bonchev–Trinajstić information content (AvgIpc) is 2.30. The second-order valence-corrected chi connectivity index (χ2v) is 6.43. The third-order valence-corrected chi connectivity index (χ3v) is 3.76. The molecule has 1 atom stereocenters. The van der Waals surface area contributed by atoms with Crippen LogP contribution in [0.25, 0.3) is 0 Å². The van der Waals surface area contributed by atoms with Gasteiger partial charge < -0.3 is 15.2 Å². The lowest BCUT2D eigenvalue weighted by Gasteiger charge is -2.41. The maximum atomic E-state index is 10.6. The predicted molar refractivity (Wildman–Crippen MR) is 77.4 cm³/mol. The van der Waals surface area contributed by atoms with Crippen LogP contribution in [-0.2, 0) is 11.3 Å². The van der Waals surface area contributed by atoms with Crippen LogP contribution < -0.4 is 5.32 Å². The summed E-state index contributed by atoms with van der Waals surface area (Å²) in [5, 5.41) is 14.6. The van der Waals surface area contributed by atoms with Crippen molar-refractivity contribution in [2.45, 2.75) is 44.4 Å².